The van der Waals surface area contributed by atoms with Crippen LogP contribution in [0.5, 0.6) is 0 Å². The number of nitrogens with zero attached hydrogens (tertiary/aromatic N) is 1. The van der Waals surface area contributed by atoms with Crippen LogP contribution in [0.4, 0.5) is 5.69 Å². The lowest BCUT2D eigenvalue weighted by atomic mass is 10.2. The third-order valence-corrected chi connectivity index (χ3v) is 5.24. The molecule has 0 amide bonds. The SMILES string of the molecule is CC(C)(C(=O)O)S(=O)(=O)Cc1ccc([N+](=O)[O-])cc1. The fourth-order valence-corrected chi connectivity index (χ4v) is 2.50. The van der Waals surface area contributed by atoms with E-state index in [1.54, 1.807) is 0 Å². The van der Waals surface area contributed by atoms with E-state index in [4.69, 9.17) is 5.11 Å². The first kappa shape index (κ1) is 15.1. The summed E-state index contributed by atoms with van der Waals surface area (Å²) in [6, 6.07) is 4.96. The maximum Gasteiger partial charge on any atom is 0.324 e. The van der Waals surface area contributed by atoms with Gasteiger partial charge in [-0.2, -0.15) is 0 Å². The molecule has 0 heterocycles. The summed E-state index contributed by atoms with van der Waals surface area (Å²) >= 11 is 0. The fourth-order valence-electron chi connectivity index (χ4n) is 1.25. The molecule has 1 aromatic rings. The molecule has 0 spiro atoms. The second kappa shape index (κ2) is 4.96. The van der Waals surface area contributed by atoms with Gasteiger partial charge in [-0.15, -0.1) is 0 Å². The lowest BCUT2D eigenvalue weighted by Gasteiger charge is -2.19. The standard InChI is InChI=1S/C11H13NO6S/c1-11(2,10(13)14)19(17,18)7-8-3-5-9(6-4-8)12(15)16/h3-6H,7H2,1-2H3,(H,13,14). The summed E-state index contributed by atoms with van der Waals surface area (Å²) in [5.74, 6) is -1.92. The van der Waals surface area contributed by atoms with E-state index in [2.05, 4.69) is 0 Å². The largest absolute Gasteiger partial charge is 0.480 e. The average molecular weight is 287 g/mol. The zero-order valence-corrected chi connectivity index (χ0v) is 11.2. The fraction of sp³-hybridized carbons (Fsp3) is 0.364. The molecule has 1 rings (SSSR count). The summed E-state index contributed by atoms with van der Waals surface area (Å²) in [6.07, 6.45) is 0. The Bertz CT molecular complexity index is 603. The van der Waals surface area contributed by atoms with Gasteiger partial charge in [0.05, 0.1) is 10.7 Å². The molecular weight excluding hydrogens is 274 g/mol. The van der Waals surface area contributed by atoms with Crippen molar-refractivity contribution in [3.8, 4) is 0 Å². The Morgan fingerprint density at radius 1 is 1.32 bits per heavy atom. The van der Waals surface area contributed by atoms with Crippen LogP contribution in [0, 0.1) is 10.1 Å². The molecular formula is C11H13NO6S. The molecule has 19 heavy (non-hydrogen) atoms. The first-order valence-corrected chi connectivity index (χ1v) is 6.92. The minimum atomic E-state index is -3.91. The van der Waals surface area contributed by atoms with E-state index in [1.165, 1.54) is 24.3 Å². The normalized spacial score (nSPS) is 12.1. The van der Waals surface area contributed by atoms with Gasteiger partial charge in [-0.3, -0.25) is 14.9 Å². The molecule has 0 saturated carbocycles. The predicted molar refractivity (Wildman–Crippen MR) is 67.4 cm³/mol. The van der Waals surface area contributed by atoms with Gasteiger partial charge in [0.1, 0.15) is 0 Å². The van der Waals surface area contributed by atoms with Crippen LogP contribution in [0.15, 0.2) is 24.3 Å². The van der Waals surface area contributed by atoms with E-state index in [-0.39, 0.29) is 5.69 Å². The Hall–Kier alpha value is -1.96. The van der Waals surface area contributed by atoms with Gasteiger partial charge < -0.3 is 5.11 Å². The molecule has 0 unspecified atom stereocenters. The average Bonchev–Trinajstić information content (AvgIpc) is 2.28. The molecule has 0 bridgehead atoms. The van der Waals surface area contributed by atoms with Crippen molar-refractivity contribution in [2.24, 2.45) is 0 Å². The summed E-state index contributed by atoms with van der Waals surface area (Å²) in [6.45, 7) is 2.21. The molecule has 1 aromatic carbocycles. The highest BCUT2D eigenvalue weighted by atomic mass is 32.2. The monoisotopic (exact) mass is 287 g/mol. The molecule has 0 aliphatic heterocycles. The molecule has 0 aliphatic rings. The Morgan fingerprint density at radius 2 is 1.79 bits per heavy atom. The highest BCUT2D eigenvalue weighted by Crippen LogP contribution is 2.22. The number of carboxylic acids is 1. The summed E-state index contributed by atoms with van der Waals surface area (Å²) in [7, 11) is -3.91. The number of hydrogen-bond donors (Lipinski definition) is 1. The Labute approximate surface area is 109 Å². The maximum absolute atomic E-state index is 12.0. The van der Waals surface area contributed by atoms with Gasteiger partial charge >= 0.3 is 5.97 Å². The van der Waals surface area contributed by atoms with E-state index in [1.807, 2.05) is 0 Å². The highest BCUT2D eigenvalue weighted by Gasteiger charge is 2.41. The molecule has 0 radical (unpaired) electrons. The second-order valence-corrected chi connectivity index (χ2v) is 7.04. The van der Waals surface area contributed by atoms with Gasteiger partial charge in [0, 0.05) is 12.1 Å². The number of sulfone groups is 1. The van der Waals surface area contributed by atoms with Gasteiger partial charge in [0.2, 0.25) is 0 Å². The number of nitro groups is 1. The summed E-state index contributed by atoms with van der Waals surface area (Å²) in [5, 5.41) is 19.4. The van der Waals surface area contributed by atoms with Crippen molar-refractivity contribution in [1.29, 1.82) is 0 Å². The van der Waals surface area contributed by atoms with Crippen molar-refractivity contribution < 1.29 is 23.2 Å². The third-order valence-electron chi connectivity index (χ3n) is 2.80. The van der Waals surface area contributed by atoms with Gasteiger partial charge in [-0.1, -0.05) is 12.1 Å². The lowest BCUT2D eigenvalue weighted by molar-refractivity contribution is -0.384. The van der Waals surface area contributed by atoms with E-state index in [9.17, 15) is 23.3 Å². The number of aliphatic carboxylic acids is 1. The Balaban J connectivity index is 3.03. The van der Waals surface area contributed by atoms with Gasteiger partial charge in [0.15, 0.2) is 14.6 Å². The van der Waals surface area contributed by atoms with E-state index in [0.29, 0.717) is 5.56 Å². The summed E-state index contributed by atoms with van der Waals surface area (Å²) in [4.78, 5) is 20.8. The molecule has 0 aromatic heterocycles. The summed E-state index contributed by atoms with van der Waals surface area (Å²) < 4.78 is 22.0. The zero-order valence-electron chi connectivity index (χ0n) is 10.4. The Kier molecular flexibility index (Phi) is 3.94. The van der Waals surface area contributed by atoms with Crippen molar-refractivity contribution in [3.63, 3.8) is 0 Å². The minimum absolute atomic E-state index is 0.154. The molecule has 0 aliphatic carbocycles. The lowest BCUT2D eigenvalue weighted by Crippen LogP contribution is -2.41. The summed E-state index contributed by atoms with van der Waals surface area (Å²) in [5.41, 5.74) is 0.151. The quantitative estimate of drug-likeness (QED) is 0.646. The van der Waals surface area contributed by atoms with Crippen molar-refractivity contribution in [2.75, 3.05) is 0 Å². The molecule has 104 valence electrons. The zero-order chi connectivity index (χ0) is 14.8. The van der Waals surface area contributed by atoms with Crippen molar-refractivity contribution in [1.82, 2.24) is 0 Å². The van der Waals surface area contributed by atoms with Gasteiger partial charge in [0.25, 0.3) is 5.69 Å². The topological polar surface area (TPSA) is 115 Å². The number of non-ortho nitro benzene ring substituents is 1. The number of benzene rings is 1. The molecule has 0 fully saturated rings. The van der Waals surface area contributed by atoms with E-state index < -0.39 is 31.2 Å². The molecule has 0 atom stereocenters. The van der Waals surface area contributed by atoms with Gasteiger partial charge in [-0.25, -0.2) is 8.42 Å². The van der Waals surface area contributed by atoms with Crippen molar-refractivity contribution >= 4 is 21.5 Å². The first-order valence-electron chi connectivity index (χ1n) is 5.27. The van der Waals surface area contributed by atoms with Gasteiger partial charge in [-0.05, 0) is 19.4 Å². The molecule has 7 nitrogen and oxygen atoms in total. The number of nitro benzene ring substituents is 1. The van der Waals surface area contributed by atoms with Crippen molar-refractivity contribution in [3.05, 3.63) is 39.9 Å². The second-order valence-electron chi connectivity index (χ2n) is 4.50. The van der Waals surface area contributed by atoms with Crippen LogP contribution in [0.25, 0.3) is 0 Å². The predicted octanol–water partition coefficient (Wildman–Crippen LogP) is 1.37. The smallest absolute Gasteiger partial charge is 0.324 e. The molecule has 0 saturated heterocycles. The maximum atomic E-state index is 12.0. The number of rotatable bonds is 5. The van der Waals surface area contributed by atoms with Crippen LogP contribution >= 0.6 is 0 Å². The number of carboxylic acid groups (broad SMARTS) is 1. The molecule has 8 heteroatoms. The van der Waals surface area contributed by atoms with E-state index in [0.717, 1.165) is 13.8 Å². The Morgan fingerprint density at radius 3 is 2.16 bits per heavy atom. The van der Waals surface area contributed by atoms with Crippen LogP contribution in [0.3, 0.4) is 0 Å². The first-order chi connectivity index (χ1) is 8.58. The highest BCUT2D eigenvalue weighted by molar-refractivity contribution is 7.92. The third kappa shape index (κ3) is 3.08. The van der Waals surface area contributed by atoms with Crippen LogP contribution in [0.1, 0.15) is 19.4 Å². The number of hydrogen-bond acceptors (Lipinski definition) is 5. The van der Waals surface area contributed by atoms with Crippen LogP contribution in [-0.4, -0.2) is 29.2 Å². The van der Waals surface area contributed by atoms with E-state index >= 15 is 0 Å². The molecule has 1 N–H and O–H groups in total. The number of carbonyl (C=O) groups is 1. The van der Waals surface area contributed by atoms with Crippen LogP contribution in [-0.2, 0) is 20.4 Å². The van der Waals surface area contributed by atoms with Crippen molar-refractivity contribution in [2.45, 2.75) is 24.3 Å². The van der Waals surface area contributed by atoms with Crippen LogP contribution < -0.4 is 0 Å². The minimum Gasteiger partial charge on any atom is -0.480 e. The van der Waals surface area contributed by atoms with Crippen LogP contribution in [0.2, 0.25) is 0 Å².